The third-order valence-electron chi connectivity index (χ3n) is 6.87. The van der Waals surface area contributed by atoms with Crippen molar-refractivity contribution in [2.75, 3.05) is 0 Å². The fourth-order valence-corrected chi connectivity index (χ4v) is 5.66. The summed E-state index contributed by atoms with van der Waals surface area (Å²) in [4.78, 5) is 11.8. The van der Waals surface area contributed by atoms with Gasteiger partial charge in [0, 0.05) is 9.16 Å². The summed E-state index contributed by atoms with van der Waals surface area (Å²) < 4.78 is 24.7. The Morgan fingerprint density at radius 2 is 2.05 bits per heavy atom. The number of rotatable bonds is 0. The van der Waals surface area contributed by atoms with Gasteiger partial charge in [-0.2, -0.15) is 0 Å². The molecule has 4 aliphatic rings. The van der Waals surface area contributed by atoms with Crippen LogP contribution in [0.4, 0.5) is 0 Å². The number of carbonyl (C=O) groups is 1. The normalized spacial score (nSPS) is 57.6. The Bertz CT molecular complexity index is 627. The predicted octanol–water partition coefficient (Wildman–Crippen LogP) is 3.37. The Kier molecular flexibility index (Phi) is 2.36. The van der Waals surface area contributed by atoms with Gasteiger partial charge in [-0.15, -0.1) is 0 Å². The van der Waals surface area contributed by atoms with E-state index in [4.69, 9.17) is 4.11 Å². The summed E-state index contributed by atoms with van der Waals surface area (Å²) in [5.41, 5.74) is 0.198. The van der Waals surface area contributed by atoms with Crippen molar-refractivity contribution in [3.63, 3.8) is 0 Å². The number of ketones is 1. The van der Waals surface area contributed by atoms with Crippen LogP contribution in [0, 0.1) is 29.1 Å². The molecule has 0 spiro atoms. The molecule has 0 radical (unpaired) electrons. The SMILES string of the molecule is [2H]C1([2H])C[C@H]2[C@@H]3CCC4=C(O)C(=O)CC[C@@H]4[C@H]3CC[C@]2(C)[C@@]1([2H])O. The van der Waals surface area contributed by atoms with E-state index < -0.39 is 17.9 Å². The van der Waals surface area contributed by atoms with Gasteiger partial charge in [0.15, 0.2) is 11.5 Å². The summed E-state index contributed by atoms with van der Waals surface area (Å²) in [5, 5.41) is 20.8. The van der Waals surface area contributed by atoms with E-state index in [9.17, 15) is 15.0 Å². The first kappa shape index (κ1) is 10.8. The van der Waals surface area contributed by atoms with Crippen LogP contribution in [0.3, 0.4) is 0 Å². The number of fused-ring (bicyclic) bond motifs is 5. The quantitative estimate of drug-likeness (QED) is 0.720. The zero-order valence-electron chi connectivity index (χ0n) is 15.6. The van der Waals surface area contributed by atoms with Crippen molar-refractivity contribution < 1.29 is 19.1 Å². The van der Waals surface area contributed by atoms with Crippen LogP contribution in [0.5, 0.6) is 0 Å². The van der Waals surface area contributed by atoms with E-state index in [0.29, 0.717) is 25.2 Å². The van der Waals surface area contributed by atoms with Crippen molar-refractivity contribution in [2.45, 2.75) is 64.3 Å². The van der Waals surface area contributed by atoms with E-state index in [1.807, 2.05) is 6.92 Å². The lowest BCUT2D eigenvalue weighted by atomic mass is 9.52. The topological polar surface area (TPSA) is 57.5 Å². The second-order valence-electron chi connectivity index (χ2n) is 7.60. The maximum absolute atomic E-state index is 11.8. The second kappa shape index (κ2) is 4.58. The standard InChI is InChI=1S/C18H26O3/c1-18-9-8-11-10-4-6-15(19)17(21)13(10)3-2-12(11)14(18)5-7-16(18)20/h10-12,14,16,20-21H,2-9H2,1H3/t10-,11-,12-,14+,16+,18+/m1/s1/i7D2,16D. The molecule has 3 nitrogen and oxygen atoms in total. The number of allylic oxidation sites excluding steroid dienone is 1. The first-order valence-electron chi connectivity index (χ1n) is 9.78. The molecule has 4 rings (SSSR count). The number of aliphatic hydroxyl groups excluding tert-OH is 1. The van der Waals surface area contributed by atoms with Gasteiger partial charge in [-0.1, -0.05) is 6.92 Å². The van der Waals surface area contributed by atoms with Gasteiger partial charge in [-0.3, -0.25) is 4.79 Å². The average Bonchev–Trinajstić information content (AvgIpc) is 2.66. The van der Waals surface area contributed by atoms with Gasteiger partial charge >= 0.3 is 0 Å². The Morgan fingerprint density at radius 3 is 2.86 bits per heavy atom. The molecule has 4 aliphatic carbocycles. The first-order valence-corrected chi connectivity index (χ1v) is 8.28. The summed E-state index contributed by atoms with van der Waals surface area (Å²) in [6.45, 7) is 1.89. The molecule has 2 N–H and O–H groups in total. The van der Waals surface area contributed by atoms with Gasteiger partial charge in [0.05, 0.1) is 7.45 Å². The molecule has 0 aromatic carbocycles. The van der Waals surface area contributed by atoms with Crippen molar-refractivity contribution in [2.24, 2.45) is 29.1 Å². The third kappa shape index (κ3) is 1.79. The molecule has 0 amide bonds. The number of aliphatic hydroxyl groups is 2. The van der Waals surface area contributed by atoms with Crippen molar-refractivity contribution in [3.05, 3.63) is 11.3 Å². The van der Waals surface area contributed by atoms with Gasteiger partial charge in [-0.25, -0.2) is 0 Å². The zero-order valence-corrected chi connectivity index (χ0v) is 12.6. The largest absolute Gasteiger partial charge is 0.504 e. The third-order valence-corrected chi connectivity index (χ3v) is 6.87. The molecule has 0 aromatic heterocycles. The maximum Gasteiger partial charge on any atom is 0.197 e. The monoisotopic (exact) mass is 293 g/mol. The van der Waals surface area contributed by atoms with Gasteiger partial charge in [0.2, 0.25) is 0 Å². The molecule has 0 heterocycles. The molecule has 0 bridgehead atoms. The van der Waals surface area contributed by atoms with Crippen LogP contribution in [0.1, 0.15) is 62.4 Å². The van der Waals surface area contributed by atoms with Crippen LogP contribution in [0.25, 0.3) is 0 Å². The lowest BCUT2D eigenvalue weighted by molar-refractivity contribution is -0.120. The molecular formula is C18H26O3. The highest BCUT2D eigenvalue weighted by molar-refractivity contribution is 5.94. The maximum atomic E-state index is 11.8. The van der Waals surface area contributed by atoms with Crippen LogP contribution >= 0.6 is 0 Å². The molecule has 0 saturated heterocycles. The molecule has 0 aliphatic heterocycles. The van der Waals surface area contributed by atoms with Gasteiger partial charge < -0.3 is 10.2 Å². The fourth-order valence-electron chi connectivity index (χ4n) is 5.66. The molecule has 6 atom stereocenters. The van der Waals surface area contributed by atoms with Gasteiger partial charge in [0.1, 0.15) is 0 Å². The molecule has 116 valence electrons. The molecule has 0 unspecified atom stereocenters. The minimum atomic E-state index is -2.05. The lowest BCUT2D eigenvalue weighted by Gasteiger charge is -2.53. The van der Waals surface area contributed by atoms with Crippen molar-refractivity contribution >= 4 is 5.78 Å². The summed E-state index contributed by atoms with van der Waals surface area (Å²) in [6.07, 6.45) is 0.464. The molecule has 3 heteroatoms. The molecule has 3 fully saturated rings. The summed E-state index contributed by atoms with van der Waals surface area (Å²) in [6, 6.07) is 0. The van der Waals surface area contributed by atoms with Crippen LogP contribution < -0.4 is 0 Å². The number of hydrogen-bond acceptors (Lipinski definition) is 3. The van der Waals surface area contributed by atoms with E-state index in [0.717, 1.165) is 24.8 Å². The zero-order chi connectivity index (χ0) is 17.5. The number of carbonyl (C=O) groups excluding carboxylic acids is 1. The number of Topliss-reactive ketones (excluding diaryl/α,β-unsaturated/α-hetero) is 1. The predicted molar refractivity (Wildman–Crippen MR) is 79.7 cm³/mol. The average molecular weight is 293 g/mol. The highest BCUT2D eigenvalue weighted by Crippen LogP contribution is 2.61. The minimum Gasteiger partial charge on any atom is -0.504 e. The van der Waals surface area contributed by atoms with Crippen LogP contribution in [0.15, 0.2) is 11.3 Å². The highest BCUT2D eigenvalue weighted by atomic mass is 16.3. The van der Waals surface area contributed by atoms with Gasteiger partial charge in [0.25, 0.3) is 0 Å². The lowest BCUT2D eigenvalue weighted by Crippen LogP contribution is -2.47. The van der Waals surface area contributed by atoms with Gasteiger partial charge in [-0.05, 0) is 79.6 Å². The first-order chi connectivity index (χ1) is 11.1. The number of hydrogen-bond donors (Lipinski definition) is 2. The molecule has 0 aromatic rings. The molecule has 21 heavy (non-hydrogen) atoms. The van der Waals surface area contributed by atoms with E-state index >= 15 is 0 Å². The fraction of sp³-hybridized carbons (Fsp3) is 0.833. The Morgan fingerprint density at radius 1 is 1.24 bits per heavy atom. The highest BCUT2D eigenvalue weighted by Gasteiger charge is 2.56. The Labute approximate surface area is 130 Å². The molecule has 3 saturated carbocycles. The van der Waals surface area contributed by atoms with E-state index in [1.165, 1.54) is 0 Å². The second-order valence-corrected chi connectivity index (χ2v) is 7.60. The van der Waals surface area contributed by atoms with E-state index in [2.05, 4.69) is 0 Å². The summed E-state index contributed by atoms with van der Waals surface area (Å²) >= 11 is 0. The van der Waals surface area contributed by atoms with Crippen LogP contribution in [-0.2, 0) is 4.79 Å². The van der Waals surface area contributed by atoms with Crippen LogP contribution in [-0.4, -0.2) is 22.1 Å². The van der Waals surface area contributed by atoms with E-state index in [-0.39, 0.29) is 35.7 Å². The van der Waals surface area contributed by atoms with Crippen molar-refractivity contribution in [3.8, 4) is 0 Å². The minimum absolute atomic E-state index is 0.00456. The van der Waals surface area contributed by atoms with Crippen LogP contribution in [0.2, 0.25) is 0 Å². The van der Waals surface area contributed by atoms with E-state index in [1.54, 1.807) is 0 Å². The summed E-state index contributed by atoms with van der Waals surface area (Å²) in [7, 11) is 0. The van der Waals surface area contributed by atoms with Crippen molar-refractivity contribution in [1.29, 1.82) is 0 Å². The summed E-state index contributed by atoms with van der Waals surface area (Å²) in [5.74, 6) is 0.668. The van der Waals surface area contributed by atoms with Crippen molar-refractivity contribution in [1.82, 2.24) is 0 Å². The Hall–Kier alpha value is -0.830. The Balaban J connectivity index is 1.70. The smallest absolute Gasteiger partial charge is 0.197 e. The molecular weight excluding hydrogens is 264 g/mol.